The van der Waals surface area contributed by atoms with Crippen LogP contribution in [0.15, 0.2) is 0 Å². The van der Waals surface area contributed by atoms with Gasteiger partial charge in [-0.3, -0.25) is 0 Å². The molecular formula is C21H45Cl3N3O3P. The SMILES string of the molecule is CCC(C)(Cl)N(OP(ON(C(C)C)C(C)(Cl)CC)ON(C(C)C)C(C)(Cl)CC)C(C)C. The Hall–Kier alpha value is 1.06. The number of hydroxylamine groups is 6. The number of halogens is 3. The fraction of sp³-hybridized carbons (Fsp3) is 1.00. The van der Waals surface area contributed by atoms with Crippen molar-refractivity contribution in [3.05, 3.63) is 0 Å². The van der Waals surface area contributed by atoms with E-state index in [1.54, 1.807) is 15.2 Å². The van der Waals surface area contributed by atoms with E-state index in [0.717, 1.165) is 0 Å². The number of alkyl halides is 3. The summed E-state index contributed by atoms with van der Waals surface area (Å²) in [6.45, 7) is 23.9. The van der Waals surface area contributed by atoms with Crippen LogP contribution in [-0.4, -0.2) is 48.3 Å². The van der Waals surface area contributed by atoms with Crippen molar-refractivity contribution in [1.82, 2.24) is 15.2 Å². The molecule has 0 N–H and O–H groups in total. The molecule has 3 unspecified atom stereocenters. The topological polar surface area (TPSA) is 37.4 Å². The Morgan fingerprint density at radius 3 is 0.903 bits per heavy atom. The highest BCUT2D eigenvalue weighted by atomic mass is 35.5. The molecule has 0 bridgehead atoms. The summed E-state index contributed by atoms with van der Waals surface area (Å²) in [6, 6.07) is -0.0367. The van der Waals surface area contributed by atoms with Gasteiger partial charge in [0.25, 0.3) is 0 Å². The van der Waals surface area contributed by atoms with Crippen molar-refractivity contribution in [3.63, 3.8) is 0 Å². The molecule has 0 aliphatic carbocycles. The number of hydrogen-bond donors (Lipinski definition) is 0. The van der Waals surface area contributed by atoms with Gasteiger partial charge in [-0.2, -0.15) is 15.2 Å². The normalized spacial score (nSPS) is 20.0. The average molecular weight is 525 g/mol. The monoisotopic (exact) mass is 523 g/mol. The molecule has 3 atom stereocenters. The molecule has 0 rings (SSSR count). The third-order valence-electron chi connectivity index (χ3n) is 5.19. The summed E-state index contributed by atoms with van der Waals surface area (Å²) in [7, 11) is -1.96. The fourth-order valence-electron chi connectivity index (χ4n) is 2.88. The standard InChI is InChI=1S/C21H45Cl3N3O3P/c1-13-19(10,22)25(16(4)5)28-31(29-26(17(6)7)20(11,23)14-2)30-27(18(8)9)21(12,24)15-3/h16-18H,13-15H2,1-12H3. The molecule has 0 aliphatic heterocycles. The van der Waals surface area contributed by atoms with E-state index < -0.39 is 23.6 Å². The minimum absolute atomic E-state index is 0.0122. The Bertz CT molecular complexity index is 452. The van der Waals surface area contributed by atoms with Crippen LogP contribution in [0.4, 0.5) is 0 Å². The van der Waals surface area contributed by atoms with Gasteiger partial charge in [0.05, 0.1) is 0 Å². The highest BCUT2D eigenvalue weighted by Gasteiger charge is 2.42. The maximum absolute atomic E-state index is 6.78. The first-order chi connectivity index (χ1) is 14.0. The lowest BCUT2D eigenvalue weighted by atomic mass is 10.2. The zero-order valence-electron chi connectivity index (χ0n) is 21.5. The predicted octanol–water partition coefficient (Wildman–Crippen LogP) is 8.23. The van der Waals surface area contributed by atoms with Crippen LogP contribution in [0, 0.1) is 0 Å². The van der Waals surface area contributed by atoms with Crippen molar-refractivity contribution in [2.75, 3.05) is 0 Å². The number of hydrogen-bond acceptors (Lipinski definition) is 6. The van der Waals surface area contributed by atoms with Gasteiger partial charge in [-0.25, -0.2) is 13.9 Å². The molecule has 0 amide bonds. The van der Waals surface area contributed by atoms with E-state index in [1.807, 2.05) is 83.1 Å². The minimum atomic E-state index is -1.96. The highest BCUT2D eigenvalue weighted by molar-refractivity contribution is 7.41. The molecule has 0 radical (unpaired) electrons. The van der Waals surface area contributed by atoms with Crippen molar-refractivity contribution in [3.8, 4) is 0 Å². The zero-order valence-corrected chi connectivity index (χ0v) is 24.7. The van der Waals surface area contributed by atoms with E-state index in [4.69, 9.17) is 48.7 Å². The van der Waals surface area contributed by atoms with Crippen molar-refractivity contribution in [2.45, 2.75) is 135 Å². The molecule has 6 nitrogen and oxygen atoms in total. The van der Waals surface area contributed by atoms with Crippen LogP contribution in [0.1, 0.15) is 102 Å². The van der Waals surface area contributed by atoms with Gasteiger partial charge in [0.15, 0.2) is 0 Å². The van der Waals surface area contributed by atoms with Gasteiger partial charge in [0.2, 0.25) is 0 Å². The van der Waals surface area contributed by atoms with Crippen LogP contribution in [0.25, 0.3) is 0 Å². The lowest BCUT2D eigenvalue weighted by Crippen LogP contribution is -2.49. The van der Waals surface area contributed by atoms with Gasteiger partial charge in [-0.05, 0) is 81.6 Å². The minimum Gasteiger partial charge on any atom is -0.217 e. The van der Waals surface area contributed by atoms with Crippen LogP contribution < -0.4 is 0 Å². The van der Waals surface area contributed by atoms with Crippen molar-refractivity contribution < 1.29 is 13.9 Å². The largest absolute Gasteiger partial charge is 0.387 e. The molecule has 0 aromatic carbocycles. The summed E-state index contributed by atoms with van der Waals surface area (Å²) in [5, 5.41) is 5.19. The Labute approximate surface area is 207 Å². The first-order valence-electron chi connectivity index (χ1n) is 11.3. The Morgan fingerprint density at radius 2 is 0.774 bits per heavy atom. The molecule has 0 saturated carbocycles. The molecule has 0 aromatic rings. The van der Waals surface area contributed by atoms with E-state index in [-0.39, 0.29) is 18.1 Å². The lowest BCUT2D eigenvalue weighted by molar-refractivity contribution is -0.227. The van der Waals surface area contributed by atoms with Gasteiger partial charge in [0, 0.05) is 18.1 Å². The number of rotatable bonds is 15. The van der Waals surface area contributed by atoms with Gasteiger partial charge < -0.3 is 0 Å². The van der Waals surface area contributed by atoms with Crippen LogP contribution >= 0.6 is 43.4 Å². The number of nitrogens with zero attached hydrogens (tertiary/aromatic N) is 3. The van der Waals surface area contributed by atoms with E-state index in [1.165, 1.54) is 0 Å². The summed E-state index contributed by atoms with van der Waals surface area (Å²) >= 11 is 20.3. The van der Waals surface area contributed by atoms with E-state index in [2.05, 4.69) is 0 Å². The zero-order chi connectivity index (χ0) is 24.8. The predicted molar refractivity (Wildman–Crippen MR) is 135 cm³/mol. The molecular weight excluding hydrogens is 480 g/mol. The first kappa shape index (κ1) is 32.1. The smallest absolute Gasteiger partial charge is 0.217 e. The van der Waals surface area contributed by atoms with Gasteiger partial charge in [-0.1, -0.05) is 55.6 Å². The molecule has 0 fully saturated rings. The quantitative estimate of drug-likeness (QED) is 0.0929. The first-order valence-corrected chi connectivity index (χ1v) is 13.5. The third kappa shape index (κ3) is 9.68. The maximum atomic E-state index is 6.78. The highest BCUT2D eigenvalue weighted by Crippen LogP contribution is 2.50. The Morgan fingerprint density at radius 1 is 0.581 bits per heavy atom. The van der Waals surface area contributed by atoms with Crippen LogP contribution in [-0.2, 0) is 13.9 Å². The van der Waals surface area contributed by atoms with Crippen molar-refractivity contribution in [1.29, 1.82) is 0 Å². The lowest BCUT2D eigenvalue weighted by Gasteiger charge is -2.44. The molecule has 0 aliphatic rings. The molecule has 31 heavy (non-hydrogen) atoms. The van der Waals surface area contributed by atoms with Crippen molar-refractivity contribution in [2.24, 2.45) is 0 Å². The van der Waals surface area contributed by atoms with Gasteiger partial charge in [-0.15, -0.1) is 0 Å². The van der Waals surface area contributed by atoms with E-state index in [9.17, 15) is 0 Å². The second-order valence-corrected chi connectivity index (χ2v) is 12.6. The summed E-state index contributed by atoms with van der Waals surface area (Å²) < 4.78 is 19.0. The summed E-state index contributed by atoms with van der Waals surface area (Å²) in [4.78, 5) is -2.22. The van der Waals surface area contributed by atoms with E-state index in [0.29, 0.717) is 19.3 Å². The maximum Gasteiger partial charge on any atom is 0.387 e. The van der Waals surface area contributed by atoms with Crippen molar-refractivity contribution >= 4 is 43.4 Å². The fourth-order valence-corrected chi connectivity index (χ4v) is 5.34. The van der Waals surface area contributed by atoms with Crippen LogP contribution in [0.2, 0.25) is 0 Å². The Balaban J connectivity index is 6.16. The molecule has 188 valence electrons. The summed E-state index contributed by atoms with van der Waals surface area (Å²) in [6.07, 6.45) is 2.01. The third-order valence-corrected chi connectivity index (χ3v) is 7.41. The van der Waals surface area contributed by atoms with Crippen LogP contribution in [0.3, 0.4) is 0 Å². The molecule has 0 saturated heterocycles. The van der Waals surface area contributed by atoms with Gasteiger partial charge in [0.1, 0.15) is 15.0 Å². The van der Waals surface area contributed by atoms with E-state index >= 15 is 0 Å². The molecule has 0 aromatic heterocycles. The summed E-state index contributed by atoms with van der Waals surface area (Å²) in [5.41, 5.74) is 0. The van der Waals surface area contributed by atoms with Gasteiger partial charge >= 0.3 is 8.60 Å². The second kappa shape index (κ2) is 13.2. The molecule has 0 spiro atoms. The average Bonchev–Trinajstić information content (AvgIpc) is 2.65. The van der Waals surface area contributed by atoms with Crippen LogP contribution in [0.5, 0.6) is 0 Å². The molecule has 0 heterocycles. The summed E-state index contributed by atoms with van der Waals surface area (Å²) in [5.74, 6) is 0. The molecule has 10 heteroatoms. The Kier molecular flexibility index (Phi) is 13.7. The second-order valence-electron chi connectivity index (χ2n) is 9.22.